The van der Waals surface area contributed by atoms with E-state index in [9.17, 15) is 22.8 Å². The van der Waals surface area contributed by atoms with Crippen LogP contribution in [0.1, 0.15) is 11.1 Å². The van der Waals surface area contributed by atoms with E-state index in [-0.39, 0.29) is 16.2 Å². The summed E-state index contributed by atoms with van der Waals surface area (Å²) in [6.07, 6.45) is -4.43. The summed E-state index contributed by atoms with van der Waals surface area (Å²) < 4.78 is 41.5. The van der Waals surface area contributed by atoms with Gasteiger partial charge in [-0.05, 0) is 61.0 Å². The summed E-state index contributed by atoms with van der Waals surface area (Å²) in [5.74, 6) is 0. The highest BCUT2D eigenvalue weighted by Crippen LogP contribution is 2.33. The third-order valence-corrected chi connectivity index (χ3v) is 8.00. The number of aryl methyl sites for hydroxylation is 1. The summed E-state index contributed by atoms with van der Waals surface area (Å²) in [7, 11) is 0. The minimum atomic E-state index is -4.43. The van der Waals surface area contributed by atoms with Gasteiger partial charge in [0.25, 0.3) is 0 Å². The van der Waals surface area contributed by atoms with Gasteiger partial charge in [0.05, 0.1) is 5.56 Å². The Hall–Kier alpha value is -3.55. The van der Waals surface area contributed by atoms with Gasteiger partial charge in [-0.15, -0.1) is 22.7 Å². The van der Waals surface area contributed by atoms with Gasteiger partial charge < -0.3 is 0 Å². The number of rotatable bonds is 0. The molecule has 2 heterocycles. The predicted molar refractivity (Wildman–Crippen MR) is 141 cm³/mol. The van der Waals surface area contributed by atoms with E-state index in [4.69, 9.17) is 0 Å². The molecular weight excluding hydrogens is 489 g/mol. The molecule has 6 aromatic rings. The van der Waals surface area contributed by atoms with Crippen LogP contribution >= 0.6 is 22.7 Å². The third-order valence-electron chi connectivity index (χ3n) is 5.72. The molecule has 0 saturated carbocycles. The van der Waals surface area contributed by atoms with Crippen LogP contribution in [0.3, 0.4) is 0 Å². The molecule has 174 valence electrons. The molecule has 0 aliphatic rings. The van der Waals surface area contributed by atoms with Gasteiger partial charge in [-0.2, -0.15) is 13.2 Å². The van der Waals surface area contributed by atoms with E-state index in [1.807, 2.05) is 49.4 Å². The Kier molecular flexibility index (Phi) is 5.91. The quantitative estimate of drug-likeness (QED) is 0.195. The van der Waals surface area contributed by atoms with Crippen LogP contribution in [-0.4, -0.2) is 0 Å². The average molecular weight is 507 g/mol. The fourth-order valence-corrected chi connectivity index (χ4v) is 6.20. The Bertz CT molecular complexity index is 1850. The van der Waals surface area contributed by atoms with Crippen molar-refractivity contribution in [3.63, 3.8) is 0 Å². The van der Waals surface area contributed by atoms with Crippen LogP contribution in [0.4, 0.5) is 13.2 Å². The lowest BCUT2D eigenvalue weighted by Gasteiger charge is -2.07. The minimum absolute atomic E-state index is 0.124. The zero-order valence-corrected chi connectivity index (χ0v) is 20.0. The Morgan fingerprint density at radius 3 is 1.80 bits per heavy atom. The molecule has 0 saturated heterocycles. The van der Waals surface area contributed by atoms with Crippen molar-refractivity contribution in [3.8, 4) is 0 Å². The van der Waals surface area contributed by atoms with E-state index in [0.717, 1.165) is 42.6 Å². The van der Waals surface area contributed by atoms with Gasteiger partial charge in [-0.3, -0.25) is 9.59 Å². The highest BCUT2D eigenvalue weighted by molar-refractivity contribution is 7.24. The van der Waals surface area contributed by atoms with Gasteiger partial charge in [0.2, 0.25) is 0 Å². The highest BCUT2D eigenvalue weighted by Gasteiger charge is 2.30. The molecule has 0 N–H and O–H groups in total. The van der Waals surface area contributed by atoms with Crippen molar-refractivity contribution in [2.24, 2.45) is 0 Å². The van der Waals surface area contributed by atoms with Crippen LogP contribution in [0.2, 0.25) is 0 Å². The maximum atomic E-state index is 12.7. The molecule has 4 aromatic carbocycles. The standard InChI is InChI=1S/C14H7F3OS.C14H10OS/c15-14(16,17)8-5-6-12-10(7-8)13(18)9-3-1-2-4-11(9)19-12;1-9-5-4-8-12-13(9)14(15)10-6-2-3-7-11(10)16-12/h1-7H;2-8H,1H3. The van der Waals surface area contributed by atoms with Crippen molar-refractivity contribution in [2.75, 3.05) is 0 Å². The Labute approximate surface area is 205 Å². The van der Waals surface area contributed by atoms with Crippen molar-refractivity contribution in [1.29, 1.82) is 0 Å². The van der Waals surface area contributed by atoms with Crippen LogP contribution in [0.15, 0.2) is 94.5 Å². The van der Waals surface area contributed by atoms with Crippen LogP contribution in [0.25, 0.3) is 40.3 Å². The number of fused-ring (bicyclic) bond motifs is 4. The smallest absolute Gasteiger partial charge is 0.289 e. The number of halogens is 3. The molecule has 6 rings (SSSR count). The van der Waals surface area contributed by atoms with E-state index in [1.165, 1.54) is 17.4 Å². The Morgan fingerprint density at radius 1 is 0.600 bits per heavy atom. The highest BCUT2D eigenvalue weighted by atomic mass is 32.1. The first-order valence-electron chi connectivity index (χ1n) is 10.7. The normalized spacial score (nSPS) is 11.7. The van der Waals surface area contributed by atoms with E-state index in [1.54, 1.807) is 35.6 Å². The van der Waals surface area contributed by atoms with Crippen LogP contribution in [0.5, 0.6) is 0 Å². The monoisotopic (exact) mass is 506 g/mol. The SMILES string of the molecule is Cc1cccc2sc3ccccc3c(=O)c12.O=c1c2ccccc2sc2ccc(C(F)(F)F)cc12. The zero-order valence-electron chi connectivity index (χ0n) is 18.3. The molecule has 7 heteroatoms. The largest absolute Gasteiger partial charge is 0.416 e. The van der Waals surface area contributed by atoms with Gasteiger partial charge in [0, 0.05) is 40.3 Å². The summed E-state index contributed by atoms with van der Waals surface area (Å²) in [5.41, 5.74) is 0.0713. The number of hydrogen-bond donors (Lipinski definition) is 0. The molecule has 0 atom stereocenters. The van der Waals surface area contributed by atoms with Crippen molar-refractivity contribution in [1.82, 2.24) is 0 Å². The number of hydrogen-bond acceptors (Lipinski definition) is 4. The van der Waals surface area contributed by atoms with Crippen molar-refractivity contribution >= 4 is 63.0 Å². The average Bonchev–Trinajstić information content (AvgIpc) is 2.84. The van der Waals surface area contributed by atoms with E-state index in [0.29, 0.717) is 10.1 Å². The summed E-state index contributed by atoms with van der Waals surface area (Å²) >= 11 is 3.00. The molecule has 0 bridgehead atoms. The molecule has 2 nitrogen and oxygen atoms in total. The first-order chi connectivity index (χ1) is 16.7. The molecule has 0 radical (unpaired) electrons. The molecule has 0 aliphatic heterocycles. The van der Waals surface area contributed by atoms with Crippen molar-refractivity contribution in [2.45, 2.75) is 13.1 Å². The lowest BCUT2D eigenvalue weighted by Crippen LogP contribution is -2.07. The third kappa shape index (κ3) is 4.33. The summed E-state index contributed by atoms with van der Waals surface area (Å²) in [6, 6.07) is 24.0. The van der Waals surface area contributed by atoms with Gasteiger partial charge in [0.1, 0.15) is 0 Å². The molecule has 0 unspecified atom stereocenters. The summed E-state index contributed by atoms with van der Waals surface area (Å²) in [5, 5.41) is 2.28. The van der Waals surface area contributed by atoms with Crippen LogP contribution in [-0.2, 0) is 6.18 Å². The first-order valence-corrected chi connectivity index (χ1v) is 12.3. The number of alkyl halides is 3. The Balaban J connectivity index is 0.000000147. The second-order valence-corrected chi connectivity index (χ2v) is 10.2. The molecular formula is C28H17F3O2S2. The zero-order chi connectivity index (χ0) is 24.7. The second kappa shape index (κ2) is 8.91. The van der Waals surface area contributed by atoms with Crippen molar-refractivity contribution in [3.05, 3.63) is 117 Å². The predicted octanol–water partition coefficient (Wildman–Crippen LogP) is 8.16. The van der Waals surface area contributed by atoms with E-state index in [2.05, 4.69) is 0 Å². The molecule has 0 aliphatic carbocycles. The topological polar surface area (TPSA) is 34.1 Å². The molecule has 2 aromatic heterocycles. The van der Waals surface area contributed by atoms with Crippen LogP contribution in [0, 0.1) is 6.92 Å². The Morgan fingerprint density at radius 2 is 1.14 bits per heavy atom. The van der Waals surface area contributed by atoms with Gasteiger partial charge in [0.15, 0.2) is 10.9 Å². The van der Waals surface area contributed by atoms with E-state index < -0.39 is 11.7 Å². The molecule has 0 spiro atoms. The first kappa shape index (κ1) is 23.2. The second-order valence-electron chi connectivity index (χ2n) is 8.01. The number of benzene rings is 4. The molecule has 0 fully saturated rings. The minimum Gasteiger partial charge on any atom is -0.289 e. The van der Waals surface area contributed by atoms with Crippen LogP contribution < -0.4 is 10.9 Å². The van der Waals surface area contributed by atoms with Gasteiger partial charge in [-0.25, -0.2) is 0 Å². The van der Waals surface area contributed by atoms with Gasteiger partial charge >= 0.3 is 6.18 Å². The van der Waals surface area contributed by atoms with Gasteiger partial charge in [-0.1, -0.05) is 36.4 Å². The lowest BCUT2D eigenvalue weighted by atomic mass is 10.1. The van der Waals surface area contributed by atoms with Crippen molar-refractivity contribution < 1.29 is 13.2 Å². The summed E-state index contributed by atoms with van der Waals surface area (Å²) in [6.45, 7) is 1.99. The summed E-state index contributed by atoms with van der Waals surface area (Å²) in [4.78, 5) is 24.5. The molecule has 35 heavy (non-hydrogen) atoms. The maximum absolute atomic E-state index is 12.7. The molecule has 0 amide bonds. The fraction of sp³-hybridized carbons (Fsp3) is 0.0714. The fourth-order valence-electron chi connectivity index (χ4n) is 3.99. The van der Waals surface area contributed by atoms with E-state index >= 15 is 0 Å². The lowest BCUT2D eigenvalue weighted by molar-refractivity contribution is -0.137. The maximum Gasteiger partial charge on any atom is 0.416 e.